The lowest BCUT2D eigenvalue weighted by atomic mass is 10.0. The fraction of sp³-hybridized carbons (Fsp3) is 0.927. The largest absolute Gasteiger partial charge is 0.394 e. The Kier molecular flexibility index (Phi) is 36.2. The maximum absolute atomic E-state index is 12.4. The molecule has 0 fully saturated rings. The van der Waals surface area contributed by atoms with Gasteiger partial charge in [0.25, 0.3) is 0 Å². The van der Waals surface area contributed by atoms with Crippen molar-refractivity contribution < 1.29 is 20.1 Å². The monoisotopic (exact) mass is 652 g/mol. The molecular formula is C41H81NO4. The second-order valence-electron chi connectivity index (χ2n) is 14.3. The summed E-state index contributed by atoms with van der Waals surface area (Å²) >= 11 is 0. The molecule has 0 aliphatic heterocycles. The summed E-state index contributed by atoms with van der Waals surface area (Å²) in [6.07, 6.45) is 42.0. The maximum Gasteiger partial charge on any atom is 0.222 e. The van der Waals surface area contributed by atoms with Crippen molar-refractivity contribution in [1.82, 2.24) is 5.32 Å². The van der Waals surface area contributed by atoms with E-state index in [1.165, 1.54) is 167 Å². The van der Waals surface area contributed by atoms with Crippen LogP contribution in [0.1, 0.15) is 219 Å². The molecule has 0 aliphatic rings. The molecule has 0 spiro atoms. The van der Waals surface area contributed by atoms with Crippen LogP contribution in [0.5, 0.6) is 0 Å². The van der Waals surface area contributed by atoms with Gasteiger partial charge in [-0.1, -0.05) is 206 Å². The number of nitrogens with one attached hydrogen (secondary N) is 1. The summed E-state index contributed by atoms with van der Waals surface area (Å²) in [5.74, 6) is -0.313. The number of carbonyl (C=O) groups is 1. The highest BCUT2D eigenvalue weighted by Crippen LogP contribution is 2.16. The molecule has 1 amide bonds. The zero-order chi connectivity index (χ0) is 33.8. The molecule has 0 aromatic heterocycles. The number of hydrogen-bond donors (Lipinski definition) is 4. The second kappa shape index (κ2) is 36.9. The van der Waals surface area contributed by atoms with Gasteiger partial charge < -0.3 is 20.6 Å². The van der Waals surface area contributed by atoms with Crippen molar-refractivity contribution in [1.29, 1.82) is 0 Å². The van der Waals surface area contributed by atoms with Crippen LogP contribution in [0.2, 0.25) is 0 Å². The number of aliphatic hydroxyl groups is 3. The minimum Gasteiger partial charge on any atom is -0.394 e. The van der Waals surface area contributed by atoms with E-state index < -0.39 is 18.2 Å². The van der Waals surface area contributed by atoms with Crippen LogP contribution in [-0.4, -0.2) is 46.1 Å². The molecule has 5 nitrogen and oxygen atoms in total. The van der Waals surface area contributed by atoms with E-state index in [0.29, 0.717) is 6.42 Å². The molecule has 0 bridgehead atoms. The van der Waals surface area contributed by atoms with Crippen molar-refractivity contribution in [3.8, 4) is 0 Å². The summed E-state index contributed by atoms with van der Waals surface area (Å²) in [4.78, 5) is 12.4. The Hall–Kier alpha value is -0.910. The van der Waals surface area contributed by atoms with Gasteiger partial charge in [0.05, 0.1) is 31.3 Å². The van der Waals surface area contributed by atoms with E-state index in [0.717, 1.165) is 25.7 Å². The van der Waals surface area contributed by atoms with Crippen LogP contribution in [0.25, 0.3) is 0 Å². The molecule has 46 heavy (non-hydrogen) atoms. The van der Waals surface area contributed by atoms with Crippen molar-refractivity contribution in [2.75, 3.05) is 6.61 Å². The highest BCUT2D eigenvalue weighted by molar-refractivity contribution is 5.76. The predicted molar refractivity (Wildman–Crippen MR) is 199 cm³/mol. The first-order valence-corrected chi connectivity index (χ1v) is 20.5. The molecule has 0 rings (SSSR count). The number of carbonyl (C=O) groups excluding carboxylic acids is 1. The summed E-state index contributed by atoms with van der Waals surface area (Å²) < 4.78 is 0. The van der Waals surface area contributed by atoms with Gasteiger partial charge in [-0.25, -0.2) is 0 Å². The summed E-state index contributed by atoms with van der Waals surface area (Å²) in [6.45, 7) is 4.22. The Morgan fingerprint density at radius 3 is 1.26 bits per heavy atom. The van der Waals surface area contributed by atoms with Gasteiger partial charge in [0.15, 0.2) is 0 Å². The lowest BCUT2D eigenvalue weighted by Gasteiger charge is -2.21. The Labute approximate surface area is 287 Å². The molecule has 0 radical (unpaired) electrons. The number of rotatable bonds is 37. The number of aliphatic hydroxyl groups excluding tert-OH is 3. The predicted octanol–water partition coefficient (Wildman–Crippen LogP) is 11.3. The molecule has 0 aliphatic carbocycles. The Bertz CT molecular complexity index is 640. The molecule has 3 unspecified atom stereocenters. The number of allylic oxidation sites excluding steroid dienone is 1. The molecule has 274 valence electrons. The first kappa shape index (κ1) is 45.1. The van der Waals surface area contributed by atoms with Crippen molar-refractivity contribution in [2.45, 2.75) is 238 Å². The average molecular weight is 652 g/mol. The van der Waals surface area contributed by atoms with Crippen LogP contribution >= 0.6 is 0 Å². The van der Waals surface area contributed by atoms with Crippen molar-refractivity contribution in [2.24, 2.45) is 0 Å². The van der Waals surface area contributed by atoms with Gasteiger partial charge >= 0.3 is 0 Å². The normalized spacial score (nSPS) is 13.8. The minimum absolute atomic E-state index is 0.0184. The molecular weight excluding hydrogens is 570 g/mol. The molecule has 0 saturated carbocycles. The summed E-state index contributed by atoms with van der Waals surface area (Å²) in [6, 6.07) is -0.738. The van der Waals surface area contributed by atoms with Crippen molar-refractivity contribution in [3.05, 3.63) is 12.2 Å². The third-order valence-electron chi connectivity index (χ3n) is 9.57. The Balaban J connectivity index is 3.67. The lowest BCUT2D eigenvalue weighted by Crippen LogP contribution is -2.45. The zero-order valence-electron chi connectivity index (χ0n) is 31.0. The van der Waals surface area contributed by atoms with Crippen molar-refractivity contribution in [3.63, 3.8) is 0 Å². The summed E-state index contributed by atoms with van der Waals surface area (Å²) in [5.41, 5.74) is 0. The molecule has 0 heterocycles. The number of unbranched alkanes of at least 4 members (excludes halogenated alkanes) is 28. The standard InChI is InChI=1S/C41H81NO4/c1-3-5-7-9-11-13-15-17-19-21-23-25-27-29-31-33-35-40(45)39(37-43)42-41(46)36-38(44)34-32-30-28-26-24-22-20-18-16-14-12-10-8-6-4-2/h33,35,38-40,43-45H,3-32,34,36-37H2,1-2H3,(H,42,46)/b35-33+. The van der Waals surface area contributed by atoms with E-state index >= 15 is 0 Å². The molecule has 4 N–H and O–H groups in total. The highest BCUT2D eigenvalue weighted by atomic mass is 16.3. The fourth-order valence-electron chi connectivity index (χ4n) is 6.40. The number of hydrogen-bond acceptors (Lipinski definition) is 4. The third kappa shape index (κ3) is 33.0. The van der Waals surface area contributed by atoms with Gasteiger partial charge in [-0.3, -0.25) is 4.79 Å². The van der Waals surface area contributed by atoms with Crippen LogP contribution in [0.4, 0.5) is 0 Å². The number of amides is 1. The van der Waals surface area contributed by atoms with Crippen molar-refractivity contribution >= 4 is 5.91 Å². The van der Waals surface area contributed by atoms with Crippen LogP contribution in [0.15, 0.2) is 12.2 Å². The Morgan fingerprint density at radius 2 is 0.891 bits per heavy atom. The van der Waals surface area contributed by atoms with Gasteiger partial charge in [0.1, 0.15) is 0 Å². The maximum atomic E-state index is 12.4. The van der Waals surface area contributed by atoms with Crippen LogP contribution in [-0.2, 0) is 4.79 Å². The van der Waals surface area contributed by atoms with E-state index in [1.807, 2.05) is 6.08 Å². The SMILES string of the molecule is CCCCCCCCCCCCCCCC/C=C/C(O)C(CO)NC(=O)CC(O)CCCCCCCCCCCCCCCCC. The average Bonchev–Trinajstić information content (AvgIpc) is 3.05. The lowest BCUT2D eigenvalue weighted by molar-refractivity contribution is -0.124. The topological polar surface area (TPSA) is 89.8 Å². The Morgan fingerprint density at radius 1 is 0.543 bits per heavy atom. The molecule has 0 aromatic carbocycles. The molecule has 0 aromatic rings. The first-order chi connectivity index (χ1) is 22.5. The molecule has 3 atom stereocenters. The van der Waals surface area contributed by atoms with E-state index in [2.05, 4.69) is 19.2 Å². The second-order valence-corrected chi connectivity index (χ2v) is 14.3. The van der Waals surface area contributed by atoms with Gasteiger partial charge in [-0.15, -0.1) is 0 Å². The summed E-state index contributed by atoms with van der Waals surface area (Å²) in [7, 11) is 0. The van der Waals surface area contributed by atoms with Crippen LogP contribution in [0, 0.1) is 0 Å². The van der Waals surface area contributed by atoms with Gasteiger partial charge in [0.2, 0.25) is 5.91 Å². The van der Waals surface area contributed by atoms with Crippen LogP contribution in [0.3, 0.4) is 0 Å². The quantitative estimate of drug-likeness (QED) is 0.0397. The highest BCUT2D eigenvalue weighted by Gasteiger charge is 2.20. The van der Waals surface area contributed by atoms with Gasteiger partial charge in [0, 0.05) is 0 Å². The fourth-order valence-corrected chi connectivity index (χ4v) is 6.40. The van der Waals surface area contributed by atoms with Gasteiger partial charge in [-0.05, 0) is 19.3 Å². The summed E-state index contributed by atoms with van der Waals surface area (Å²) in [5, 5.41) is 33.1. The minimum atomic E-state index is -0.923. The smallest absolute Gasteiger partial charge is 0.222 e. The van der Waals surface area contributed by atoms with E-state index in [4.69, 9.17) is 0 Å². The van der Waals surface area contributed by atoms with E-state index in [9.17, 15) is 20.1 Å². The van der Waals surface area contributed by atoms with Gasteiger partial charge in [-0.2, -0.15) is 0 Å². The van der Waals surface area contributed by atoms with E-state index in [1.54, 1.807) is 6.08 Å². The first-order valence-electron chi connectivity index (χ1n) is 20.5. The van der Waals surface area contributed by atoms with Crippen LogP contribution < -0.4 is 5.32 Å². The molecule has 5 heteroatoms. The third-order valence-corrected chi connectivity index (χ3v) is 9.57. The zero-order valence-corrected chi connectivity index (χ0v) is 31.0. The molecule has 0 saturated heterocycles. The van der Waals surface area contributed by atoms with E-state index in [-0.39, 0.29) is 18.9 Å².